The number of hydrogen-bond donors (Lipinski definition) is 0. The van der Waals surface area contributed by atoms with Crippen LogP contribution in [-0.4, -0.2) is 0 Å². The summed E-state index contributed by atoms with van der Waals surface area (Å²) in [7, 11) is 9.87. The van der Waals surface area contributed by atoms with E-state index in [9.17, 15) is 0 Å². The molecular weight excluding hydrogens is 246 g/mol. The topological polar surface area (TPSA) is 0 Å². The van der Waals surface area contributed by atoms with Crippen LogP contribution in [0.1, 0.15) is 33.1 Å². The summed E-state index contributed by atoms with van der Waals surface area (Å²) in [5.41, 5.74) is 0. The maximum absolute atomic E-state index is 4.93. The predicted molar refractivity (Wildman–Crippen MR) is 47.6 cm³/mol. The molecular formula is C7H16Cl2Zr. The second-order valence-corrected chi connectivity index (χ2v) is 5.16. The van der Waals surface area contributed by atoms with Crippen LogP contribution in [0.5, 0.6) is 0 Å². The van der Waals surface area contributed by atoms with Gasteiger partial charge in [0.15, 0.2) is 0 Å². The molecule has 3 heteroatoms. The molecule has 62 valence electrons. The molecule has 0 N–H and O–H groups in total. The summed E-state index contributed by atoms with van der Waals surface area (Å²) in [5.74, 6) is 0. The van der Waals surface area contributed by atoms with E-state index in [2.05, 4.69) is 20.8 Å². The second kappa shape index (κ2) is 31.4. The summed E-state index contributed by atoms with van der Waals surface area (Å²) >= 11 is -0.826. The summed E-state index contributed by atoms with van der Waals surface area (Å²) in [6.45, 7) is 11.2. The Labute approximate surface area is 84.3 Å². The minimum atomic E-state index is -0.826. The van der Waals surface area contributed by atoms with Crippen molar-refractivity contribution in [1.29, 1.82) is 0 Å². The summed E-state index contributed by atoms with van der Waals surface area (Å²) in [5, 5.41) is 0. The van der Waals surface area contributed by atoms with Gasteiger partial charge in [0.05, 0.1) is 0 Å². The van der Waals surface area contributed by atoms with E-state index in [1.54, 1.807) is 0 Å². The molecule has 0 fully saturated rings. The van der Waals surface area contributed by atoms with Gasteiger partial charge in [0.25, 0.3) is 0 Å². The Balaban J connectivity index is -0.0000000750. The number of halogens is 2. The standard InChI is InChI=1S/C4H9.C3H7.2ClH.Zr/c1-3-4-2;1-3-2;;;/h1,3-4H2,2H3;1,3H2,2H3;2*1H;/q2*-1;;;+4/p-2. The Morgan fingerprint density at radius 2 is 1.30 bits per heavy atom. The Kier molecular flexibility index (Phi) is 55.0. The van der Waals surface area contributed by atoms with Crippen molar-refractivity contribution in [3.63, 3.8) is 0 Å². The van der Waals surface area contributed by atoms with E-state index in [1.807, 2.05) is 6.92 Å². The molecule has 0 nitrogen and oxygen atoms in total. The second-order valence-electron chi connectivity index (χ2n) is 1.42. The fourth-order valence-electron chi connectivity index (χ4n) is 0. The molecule has 0 aromatic heterocycles. The first kappa shape index (κ1) is 17.5. The van der Waals surface area contributed by atoms with Gasteiger partial charge in [0.2, 0.25) is 0 Å². The van der Waals surface area contributed by atoms with Gasteiger partial charge < -0.3 is 13.8 Å². The molecule has 0 aromatic rings. The summed E-state index contributed by atoms with van der Waals surface area (Å²) in [4.78, 5) is 0. The van der Waals surface area contributed by atoms with Gasteiger partial charge in [-0.25, -0.2) is 0 Å². The molecule has 0 radical (unpaired) electrons. The summed E-state index contributed by atoms with van der Waals surface area (Å²) in [6, 6.07) is 0. The van der Waals surface area contributed by atoms with Crippen LogP contribution in [0.2, 0.25) is 0 Å². The zero-order valence-corrected chi connectivity index (χ0v) is 10.8. The first-order chi connectivity index (χ1) is 4.74. The molecule has 0 saturated heterocycles. The molecule has 0 aliphatic carbocycles. The SMILES string of the molecule is [CH2-]CC.[CH2-]CCC.[Cl][Zr+2][Cl]. The zero-order chi connectivity index (χ0) is 8.83. The molecule has 0 bridgehead atoms. The van der Waals surface area contributed by atoms with E-state index < -0.39 is 20.8 Å². The van der Waals surface area contributed by atoms with Gasteiger partial charge >= 0.3 is 37.9 Å². The van der Waals surface area contributed by atoms with Crippen molar-refractivity contribution in [1.82, 2.24) is 0 Å². The zero-order valence-electron chi connectivity index (χ0n) is 6.79. The van der Waals surface area contributed by atoms with E-state index in [1.165, 1.54) is 6.42 Å². The van der Waals surface area contributed by atoms with Crippen LogP contribution in [0.25, 0.3) is 0 Å². The predicted octanol–water partition coefficient (Wildman–Crippen LogP) is 4.23. The van der Waals surface area contributed by atoms with Crippen molar-refractivity contribution in [2.45, 2.75) is 33.1 Å². The Morgan fingerprint density at radius 1 is 1.20 bits per heavy atom. The fourth-order valence-corrected chi connectivity index (χ4v) is 0. The molecule has 0 aliphatic rings. The molecule has 0 saturated carbocycles. The molecule has 0 heterocycles. The van der Waals surface area contributed by atoms with Gasteiger partial charge in [0.1, 0.15) is 0 Å². The molecule has 0 atom stereocenters. The van der Waals surface area contributed by atoms with Gasteiger partial charge in [0, 0.05) is 0 Å². The van der Waals surface area contributed by atoms with Gasteiger partial charge in [-0.15, -0.1) is 0 Å². The third-order valence-corrected chi connectivity index (χ3v) is 0.354. The van der Waals surface area contributed by atoms with Gasteiger partial charge in [-0.1, -0.05) is 20.3 Å². The Bertz CT molecular complexity index is 23.6. The van der Waals surface area contributed by atoms with Crippen LogP contribution in [0.4, 0.5) is 0 Å². The van der Waals surface area contributed by atoms with Crippen molar-refractivity contribution >= 4 is 17.0 Å². The van der Waals surface area contributed by atoms with Crippen molar-refractivity contribution in [2.75, 3.05) is 0 Å². The normalized spacial score (nSPS) is 5.80. The van der Waals surface area contributed by atoms with E-state index in [-0.39, 0.29) is 0 Å². The van der Waals surface area contributed by atoms with Crippen LogP contribution in [0, 0.1) is 13.8 Å². The number of unbranched alkanes of at least 4 members (excludes halogenated alkanes) is 1. The number of rotatable bonds is 1. The van der Waals surface area contributed by atoms with Crippen LogP contribution in [0.15, 0.2) is 0 Å². The monoisotopic (exact) mass is 260 g/mol. The summed E-state index contributed by atoms with van der Waals surface area (Å²) in [6.07, 6.45) is 3.28. The Morgan fingerprint density at radius 3 is 1.30 bits per heavy atom. The average Bonchev–Trinajstić information content (AvgIpc) is 1.91. The van der Waals surface area contributed by atoms with Crippen molar-refractivity contribution in [3.8, 4) is 0 Å². The van der Waals surface area contributed by atoms with Crippen molar-refractivity contribution in [3.05, 3.63) is 13.8 Å². The average molecular weight is 262 g/mol. The van der Waals surface area contributed by atoms with Gasteiger partial charge in [-0.2, -0.15) is 12.8 Å². The van der Waals surface area contributed by atoms with Gasteiger partial charge in [-0.3, -0.25) is 0 Å². The first-order valence-electron chi connectivity index (χ1n) is 3.29. The first-order valence-corrected chi connectivity index (χ1v) is 9.62. The number of hydrogen-bond acceptors (Lipinski definition) is 0. The van der Waals surface area contributed by atoms with Crippen molar-refractivity contribution < 1.29 is 20.8 Å². The maximum atomic E-state index is 4.93. The minimum absolute atomic E-state index is 0.826. The van der Waals surface area contributed by atoms with Crippen LogP contribution in [-0.2, 0) is 20.8 Å². The molecule has 0 rings (SSSR count). The third kappa shape index (κ3) is 112. The molecule has 0 amide bonds. The van der Waals surface area contributed by atoms with E-state index in [4.69, 9.17) is 17.0 Å². The molecule has 0 aliphatic heterocycles. The van der Waals surface area contributed by atoms with Crippen LogP contribution >= 0.6 is 17.0 Å². The molecule has 0 unspecified atom stereocenters. The van der Waals surface area contributed by atoms with E-state index in [0.717, 1.165) is 12.8 Å². The quantitative estimate of drug-likeness (QED) is 0.620. The summed E-state index contributed by atoms with van der Waals surface area (Å²) < 4.78 is 0. The van der Waals surface area contributed by atoms with Crippen LogP contribution in [0.3, 0.4) is 0 Å². The molecule has 0 spiro atoms. The Hall–Kier alpha value is 1.46. The third-order valence-electron chi connectivity index (χ3n) is 0.354. The fraction of sp³-hybridized carbons (Fsp3) is 0.714. The molecule has 10 heavy (non-hydrogen) atoms. The van der Waals surface area contributed by atoms with Gasteiger partial charge in [-0.05, 0) is 0 Å². The van der Waals surface area contributed by atoms with Crippen molar-refractivity contribution in [2.24, 2.45) is 0 Å². The van der Waals surface area contributed by atoms with E-state index in [0.29, 0.717) is 0 Å². The van der Waals surface area contributed by atoms with Crippen LogP contribution < -0.4 is 0 Å². The molecule has 0 aromatic carbocycles. The van der Waals surface area contributed by atoms with E-state index >= 15 is 0 Å².